The Bertz CT molecular complexity index is 753. The third-order valence-electron chi connectivity index (χ3n) is 2.97. The molecule has 2 aromatic rings. The first-order chi connectivity index (χ1) is 9.79. The largest absolute Gasteiger partial charge is 0.508 e. The number of sulfonamides is 1. The molecular weight excluding hydrogens is 292 g/mol. The summed E-state index contributed by atoms with van der Waals surface area (Å²) in [5.74, 6) is -0.204. The van der Waals surface area contributed by atoms with E-state index in [1.54, 1.807) is 7.05 Å². The van der Waals surface area contributed by atoms with Crippen molar-refractivity contribution in [3.05, 3.63) is 54.1 Å². The van der Waals surface area contributed by atoms with E-state index in [1.807, 2.05) is 0 Å². The molecule has 0 aliphatic heterocycles. The number of benzene rings is 2. The van der Waals surface area contributed by atoms with E-state index in [0.29, 0.717) is 11.3 Å². The van der Waals surface area contributed by atoms with Crippen molar-refractivity contribution in [2.24, 2.45) is 5.14 Å². The fraction of sp³-hybridized carbons (Fsp3) is 0.0714. The van der Waals surface area contributed by atoms with E-state index < -0.39 is 10.0 Å². The minimum atomic E-state index is -3.75. The Morgan fingerprint density at radius 1 is 1.05 bits per heavy atom. The van der Waals surface area contributed by atoms with Crippen LogP contribution in [0.3, 0.4) is 0 Å². The highest BCUT2D eigenvalue weighted by Gasteiger charge is 2.14. The number of aromatic hydroxyl groups is 1. The molecule has 0 saturated carbocycles. The standard InChI is InChI=1S/C14H14N2O4S/c1-16(14(18)10-2-6-12(17)7-3-10)11-4-8-13(9-5-11)21(15,19)20/h2-9,17H,1H3,(H2,15,19,20). The van der Waals surface area contributed by atoms with Crippen LogP contribution >= 0.6 is 0 Å². The molecule has 0 aliphatic rings. The number of nitrogens with zero attached hydrogens (tertiary/aromatic N) is 1. The normalized spacial score (nSPS) is 11.1. The van der Waals surface area contributed by atoms with Gasteiger partial charge >= 0.3 is 0 Å². The Hall–Kier alpha value is -2.38. The Balaban J connectivity index is 2.25. The SMILES string of the molecule is CN(C(=O)c1ccc(O)cc1)c1ccc(S(N)(=O)=O)cc1. The van der Waals surface area contributed by atoms with E-state index in [-0.39, 0.29) is 16.6 Å². The lowest BCUT2D eigenvalue weighted by molar-refractivity contribution is 0.0993. The van der Waals surface area contributed by atoms with Gasteiger partial charge < -0.3 is 10.0 Å². The van der Waals surface area contributed by atoms with Crippen molar-refractivity contribution in [3.63, 3.8) is 0 Å². The first-order valence-corrected chi connectivity index (χ1v) is 7.53. The fourth-order valence-corrected chi connectivity index (χ4v) is 2.29. The second-order valence-electron chi connectivity index (χ2n) is 4.45. The average Bonchev–Trinajstić information content (AvgIpc) is 2.46. The Morgan fingerprint density at radius 3 is 2.05 bits per heavy atom. The molecule has 3 N–H and O–H groups in total. The molecule has 6 nitrogen and oxygen atoms in total. The maximum atomic E-state index is 12.2. The summed E-state index contributed by atoms with van der Waals surface area (Å²) < 4.78 is 22.3. The van der Waals surface area contributed by atoms with Crippen molar-refractivity contribution in [3.8, 4) is 5.75 Å². The van der Waals surface area contributed by atoms with E-state index in [0.717, 1.165) is 0 Å². The van der Waals surface area contributed by atoms with Gasteiger partial charge in [0.05, 0.1) is 4.90 Å². The maximum Gasteiger partial charge on any atom is 0.258 e. The van der Waals surface area contributed by atoms with Crippen molar-refractivity contribution in [2.75, 3.05) is 11.9 Å². The molecule has 0 unspecified atom stereocenters. The van der Waals surface area contributed by atoms with E-state index in [1.165, 1.54) is 53.4 Å². The van der Waals surface area contributed by atoms with Gasteiger partial charge in [0.2, 0.25) is 10.0 Å². The molecule has 0 aliphatic carbocycles. The van der Waals surface area contributed by atoms with Crippen LogP contribution in [0.25, 0.3) is 0 Å². The Morgan fingerprint density at radius 2 is 1.57 bits per heavy atom. The predicted molar refractivity (Wildman–Crippen MR) is 78.7 cm³/mol. The van der Waals surface area contributed by atoms with Crippen LogP contribution in [-0.2, 0) is 10.0 Å². The molecule has 0 radical (unpaired) electrons. The van der Waals surface area contributed by atoms with Gasteiger partial charge in [0.1, 0.15) is 5.75 Å². The summed E-state index contributed by atoms with van der Waals surface area (Å²) >= 11 is 0. The van der Waals surface area contributed by atoms with Crippen molar-refractivity contribution in [2.45, 2.75) is 4.90 Å². The zero-order valence-electron chi connectivity index (χ0n) is 11.2. The minimum Gasteiger partial charge on any atom is -0.508 e. The van der Waals surface area contributed by atoms with Gasteiger partial charge in [0, 0.05) is 18.3 Å². The molecule has 0 fully saturated rings. The van der Waals surface area contributed by atoms with Crippen molar-refractivity contribution >= 4 is 21.6 Å². The van der Waals surface area contributed by atoms with Gasteiger partial charge in [0.25, 0.3) is 5.91 Å². The summed E-state index contributed by atoms with van der Waals surface area (Å²) in [7, 11) is -2.18. The van der Waals surface area contributed by atoms with Crippen molar-refractivity contribution in [1.29, 1.82) is 0 Å². The lowest BCUT2D eigenvalue weighted by Gasteiger charge is -2.17. The van der Waals surface area contributed by atoms with Crippen LogP contribution in [0.4, 0.5) is 5.69 Å². The second-order valence-corrected chi connectivity index (χ2v) is 6.01. The molecule has 0 bridgehead atoms. The molecule has 110 valence electrons. The van der Waals surface area contributed by atoms with Crippen LogP contribution in [0, 0.1) is 0 Å². The molecule has 0 atom stereocenters. The van der Waals surface area contributed by atoms with Crippen LogP contribution < -0.4 is 10.0 Å². The van der Waals surface area contributed by atoms with Crippen molar-refractivity contribution in [1.82, 2.24) is 0 Å². The van der Waals surface area contributed by atoms with Gasteiger partial charge in [-0.3, -0.25) is 4.79 Å². The molecule has 2 aromatic carbocycles. The fourth-order valence-electron chi connectivity index (χ4n) is 1.77. The van der Waals surface area contributed by atoms with E-state index >= 15 is 0 Å². The number of carbonyl (C=O) groups is 1. The minimum absolute atomic E-state index is 0.0169. The van der Waals surface area contributed by atoms with Gasteiger partial charge in [-0.25, -0.2) is 13.6 Å². The van der Waals surface area contributed by atoms with Crippen LogP contribution in [0.2, 0.25) is 0 Å². The molecule has 7 heteroatoms. The van der Waals surface area contributed by atoms with Crippen LogP contribution in [0.15, 0.2) is 53.4 Å². The molecule has 21 heavy (non-hydrogen) atoms. The number of hydrogen-bond donors (Lipinski definition) is 2. The number of phenolic OH excluding ortho intramolecular Hbond substituents is 1. The number of phenols is 1. The Labute approximate surface area is 122 Å². The topological polar surface area (TPSA) is 101 Å². The lowest BCUT2D eigenvalue weighted by atomic mass is 10.2. The van der Waals surface area contributed by atoms with Crippen LogP contribution in [-0.4, -0.2) is 26.5 Å². The average molecular weight is 306 g/mol. The second kappa shape index (κ2) is 5.55. The third kappa shape index (κ3) is 3.39. The Kier molecular flexibility index (Phi) is 3.97. The molecule has 0 spiro atoms. The van der Waals surface area contributed by atoms with E-state index in [2.05, 4.69) is 0 Å². The number of rotatable bonds is 3. The summed E-state index contributed by atoms with van der Waals surface area (Å²) in [6.45, 7) is 0. The van der Waals surface area contributed by atoms with E-state index in [9.17, 15) is 18.3 Å². The monoisotopic (exact) mass is 306 g/mol. The number of carbonyl (C=O) groups excluding carboxylic acids is 1. The predicted octanol–water partition coefficient (Wildman–Crippen LogP) is 1.32. The number of amides is 1. The summed E-state index contributed by atoms with van der Waals surface area (Å²) in [5.41, 5.74) is 0.936. The number of primary sulfonamides is 1. The molecule has 0 heterocycles. The third-order valence-corrected chi connectivity index (χ3v) is 3.90. The number of anilines is 1. The molecular formula is C14H14N2O4S. The summed E-state index contributed by atoms with van der Waals surface area (Å²) in [5, 5.41) is 14.2. The van der Waals surface area contributed by atoms with Crippen LogP contribution in [0.5, 0.6) is 5.75 Å². The smallest absolute Gasteiger partial charge is 0.258 e. The molecule has 1 amide bonds. The quantitative estimate of drug-likeness (QED) is 0.893. The molecule has 0 saturated heterocycles. The number of hydrogen-bond acceptors (Lipinski definition) is 4. The van der Waals surface area contributed by atoms with E-state index in [4.69, 9.17) is 5.14 Å². The summed E-state index contributed by atoms with van der Waals surface area (Å²) in [6, 6.07) is 11.5. The van der Waals surface area contributed by atoms with Crippen LogP contribution in [0.1, 0.15) is 10.4 Å². The first-order valence-electron chi connectivity index (χ1n) is 5.99. The van der Waals surface area contributed by atoms with Gasteiger partial charge in [0.15, 0.2) is 0 Å². The van der Waals surface area contributed by atoms with Gasteiger partial charge in [-0.05, 0) is 48.5 Å². The molecule has 0 aromatic heterocycles. The highest BCUT2D eigenvalue weighted by molar-refractivity contribution is 7.89. The summed E-state index contributed by atoms with van der Waals surface area (Å²) in [4.78, 5) is 13.6. The first kappa shape index (κ1) is 15.0. The maximum absolute atomic E-state index is 12.2. The zero-order valence-corrected chi connectivity index (χ0v) is 12.0. The van der Waals surface area contributed by atoms with Gasteiger partial charge in [-0.1, -0.05) is 0 Å². The van der Waals surface area contributed by atoms with Gasteiger partial charge in [-0.15, -0.1) is 0 Å². The highest BCUT2D eigenvalue weighted by Crippen LogP contribution is 2.19. The molecule has 2 rings (SSSR count). The summed E-state index contributed by atoms with van der Waals surface area (Å²) in [6.07, 6.45) is 0. The zero-order chi connectivity index (χ0) is 15.6. The lowest BCUT2D eigenvalue weighted by Crippen LogP contribution is -2.26. The van der Waals surface area contributed by atoms with Gasteiger partial charge in [-0.2, -0.15) is 0 Å². The number of nitrogens with two attached hydrogens (primary N) is 1. The highest BCUT2D eigenvalue weighted by atomic mass is 32.2. The van der Waals surface area contributed by atoms with Crippen molar-refractivity contribution < 1.29 is 18.3 Å².